The molecule has 0 atom stereocenters. The van der Waals surface area contributed by atoms with Gasteiger partial charge in [0.1, 0.15) is 5.60 Å². The lowest BCUT2D eigenvalue weighted by molar-refractivity contribution is 0.0203. The number of rotatable bonds is 5. The predicted molar refractivity (Wildman–Crippen MR) is 141 cm³/mol. The number of aromatic nitrogens is 2. The van der Waals surface area contributed by atoms with Gasteiger partial charge in [-0.1, -0.05) is 41.4 Å². The van der Waals surface area contributed by atoms with E-state index in [4.69, 9.17) is 16.3 Å². The number of likely N-dealkylation sites (tertiary alicyclic amines) is 1. The van der Waals surface area contributed by atoms with E-state index in [1.807, 2.05) is 74.8 Å². The van der Waals surface area contributed by atoms with Gasteiger partial charge < -0.3 is 15.0 Å². The quantitative estimate of drug-likeness (QED) is 0.467. The molecule has 0 bridgehead atoms. The van der Waals surface area contributed by atoms with Crippen LogP contribution in [0, 0.1) is 6.92 Å². The van der Waals surface area contributed by atoms with Crippen LogP contribution >= 0.6 is 11.6 Å². The Morgan fingerprint density at radius 1 is 1.11 bits per heavy atom. The molecule has 190 valence electrons. The van der Waals surface area contributed by atoms with Crippen LogP contribution in [0.15, 0.2) is 54.7 Å². The van der Waals surface area contributed by atoms with Crippen LogP contribution in [-0.4, -0.2) is 45.4 Å². The summed E-state index contributed by atoms with van der Waals surface area (Å²) in [5.74, 6) is -0.114. The zero-order chi connectivity index (χ0) is 25.9. The van der Waals surface area contributed by atoms with Crippen LogP contribution in [0.2, 0.25) is 5.02 Å². The van der Waals surface area contributed by atoms with Crippen molar-refractivity contribution in [2.75, 3.05) is 13.1 Å². The van der Waals surface area contributed by atoms with Crippen molar-refractivity contribution >= 4 is 23.6 Å². The molecule has 1 aliphatic heterocycles. The standard InChI is InChI=1S/C28H33ClN4O3/c1-19-8-10-23(11-9-19)33-25(21-12-14-32(15-13-21)27(35)36-28(2,3)4)24(18-31-33)26(34)30-17-20-6-5-7-22(29)16-20/h5-11,16,18,21H,12-15,17H2,1-4H3,(H,30,34). The fraction of sp³-hybridized carbons (Fsp3) is 0.393. The molecule has 0 spiro atoms. The van der Waals surface area contributed by atoms with Crippen molar-refractivity contribution in [1.29, 1.82) is 0 Å². The summed E-state index contributed by atoms with van der Waals surface area (Å²) in [7, 11) is 0. The highest BCUT2D eigenvalue weighted by molar-refractivity contribution is 6.30. The monoisotopic (exact) mass is 508 g/mol. The first-order valence-electron chi connectivity index (χ1n) is 12.3. The molecule has 0 saturated carbocycles. The predicted octanol–water partition coefficient (Wildman–Crippen LogP) is 5.88. The average Bonchev–Trinajstić information content (AvgIpc) is 3.27. The molecule has 2 amide bonds. The summed E-state index contributed by atoms with van der Waals surface area (Å²) in [6, 6.07) is 15.5. The van der Waals surface area contributed by atoms with Crippen LogP contribution in [-0.2, 0) is 11.3 Å². The van der Waals surface area contributed by atoms with Gasteiger partial charge in [0, 0.05) is 30.6 Å². The molecule has 4 rings (SSSR count). The van der Waals surface area contributed by atoms with E-state index in [0.29, 0.717) is 43.1 Å². The maximum atomic E-state index is 13.3. The van der Waals surface area contributed by atoms with Gasteiger partial charge in [-0.25, -0.2) is 9.48 Å². The van der Waals surface area contributed by atoms with Crippen molar-refractivity contribution in [1.82, 2.24) is 20.0 Å². The van der Waals surface area contributed by atoms with Gasteiger partial charge in [-0.3, -0.25) is 4.79 Å². The fourth-order valence-corrected chi connectivity index (χ4v) is 4.62. The third-order valence-electron chi connectivity index (χ3n) is 6.21. The Morgan fingerprint density at radius 3 is 2.44 bits per heavy atom. The molecule has 1 N–H and O–H groups in total. The molecular weight excluding hydrogens is 476 g/mol. The van der Waals surface area contributed by atoms with Crippen LogP contribution in [0.4, 0.5) is 4.79 Å². The average molecular weight is 509 g/mol. The number of carbonyl (C=O) groups is 2. The van der Waals surface area contributed by atoms with Crippen LogP contribution in [0.5, 0.6) is 0 Å². The normalized spacial score (nSPS) is 14.5. The second-order valence-corrected chi connectivity index (χ2v) is 10.7. The van der Waals surface area contributed by atoms with Crippen molar-refractivity contribution < 1.29 is 14.3 Å². The minimum atomic E-state index is -0.535. The third kappa shape index (κ3) is 6.26. The molecule has 2 heterocycles. The molecule has 36 heavy (non-hydrogen) atoms. The maximum Gasteiger partial charge on any atom is 0.410 e. The molecule has 1 aromatic heterocycles. The van der Waals surface area contributed by atoms with E-state index in [9.17, 15) is 9.59 Å². The van der Waals surface area contributed by atoms with Crippen molar-refractivity contribution in [3.8, 4) is 5.69 Å². The number of hydrogen-bond acceptors (Lipinski definition) is 4. The number of benzene rings is 2. The summed E-state index contributed by atoms with van der Waals surface area (Å²) >= 11 is 6.09. The van der Waals surface area contributed by atoms with Crippen LogP contribution in [0.3, 0.4) is 0 Å². The Bertz CT molecular complexity index is 1220. The summed E-state index contributed by atoms with van der Waals surface area (Å²) in [5.41, 5.74) is 3.86. The number of nitrogens with zero attached hydrogens (tertiary/aromatic N) is 3. The number of piperidine rings is 1. The second kappa shape index (κ2) is 10.7. The first-order chi connectivity index (χ1) is 17.1. The molecule has 1 fully saturated rings. The Balaban J connectivity index is 1.56. The minimum absolute atomic E-state index is 0.0689. The second-order valence-electron chi connectivity index (χ2n) is 10.2. The first kappa shape index (κ1) is 25.8. The van der Waals surface area contributed by atoms with Gasteiger partial charge in [0.2, 0.25) is 0 Å². The SMILES string of the molecule is Cc1ccc(-n2ncc(C(=O)NCc3cccc(Cl)c3)c2C2CCN(C(=O)OC(C)(C)C)CC2)cc1. The third-order valence-corrected chi connectivity index (χ3v) is 6.44. The minimum Gasteiger partial charge on any atom is -0.444 e. The molecule has 3 aromatic rings. The van der Waals surface area contributed by atoms with E-state index in [0.717, 1.165) is 22.5 Å². The van der Waals surface area contributed by atoms with Crippen molar-refractivity contribution in [3.05, 3.63) is 82.1 Å². The van der Waals surface area contributed by atoms with Crippen LogP contribution < -0.4 is 5.32 Å². The highest BCUT2D eigenvalue weighted by atomic mass is 35.5. The lowest BCUT2D eigenvalue weighted by Gasteiger charge is -2.34. The summed E-state index contributed by atoms with van der Waals surface area (Å²) in [6.45, 7) is 9.12. The fourth-order valence-electron chi connectivity index (χ4n) is 4.40. The number of amides is 2. The number of ether oxygens (including phenoxy) is 1. The number of hydrogen-bond donors (Lipinski definition) is 1. The molecule has 1 aliphatic rings. The zero-order valence-corrected chi connectivity index (χ0v) is 22.0. The van der Waals surface area contributed by atoms with E-state index in [1.165, 1.54) is 0 Å². The van der Waals surface area contributed by atoms with E-state index >= 15 is 0 Å². The molecule has 7 nitrogen and oxygen atoms in total. The van der Waals surface area contributed by atoms with Gasteiger partial charge in [-0.2, -0.15) is 5.10 Å². The van der Waals surface area contributed by atoms with E-state index < -0.39 is 5.60 Å². The molecule has 2 aromatic carbocycles. The van der Waals surface area contributed by atoms with E-state index in [1.54, 1.807) is 17.2 Å². The highest BCUT2D eigenvalue weighted by Crippen LogP contribution is 2.33. The lowest BCUT2D eigenvalue weighted by Crippen LogP contribution is -2.41. The molecular formula is C28H33ClN4O3. The topological polar surface area (TPSA) is 76.5 Å². The van der Waals surface area contributed by atoms with Crippen molar-refractivity contribution in [2.45, 2.75) is 58.6 Å². The molecule has 8 heteroatoms. The number of halogens is 1. The summed E-state index contributed by atoms with van der Waals surface area (Å²) in [5, 5.41) is 8.26. The largest absolute Gasteiger partial charge is 0.444 e. The maximum absolute atomic E-state index is 13.3. The Labute approximate surface area is 217 Å². The summed E-state index contributed by atoms with van der Waals surface area (Å²) < 4.78 is 7.41. The number of carbonyl (C=O) groups excluding carboxylic acids is 2. The molecule has 0 unspecified atom stereocenters. The van der Waals surface area contributed by atoms with Gasteiger partial charge in [-0.05, 0) is 70.4 Å². The van der Waals surface area contributed by atoms with Crippen molar-refractivity contribution in [3.63, 3.8) is 0 Å². The van der Waals surface area contributed by atoms with Gasteiger partial charge in [0.05, 0.1) is 23.1 Å². The van der Waals surface area contributed by atoms with Gasteiger partial charge in [-0.15, -0.1) is 0 Å². The van der Waals surface area contributed by atoms with Crippen LogP contribution in [0.1, 0.15) is 66.7 Å². The van der Waals surface area contributed by atoms with Gasteiger partial charge >= 0.3 is 6.09 Å². The number of nitrogens with one attached hydrogen (secondary N) is 1. The highest BCUT2D eigenvalue weighted by Gasteiger charge is 2.32. The molecule has 0 radical (unpaired) electrons. The lowest BCUT2D eigenvalue weighted by atomic mass is 9.90. The van der Waals surface area contributed by atoms with Gasteiger partial charge in [0.25, 0.3) is 5.91 Å². The van der Waals surface area contributed by atoms with Crippen LogP contribution in [0.25, 0.3) is 5.69 Å². The van der Waals surface area contributed by atoms with E-state index in [2.05, 4.69) is 10.4 Å². The van der Waals surface area contributed by atoms with E-state index in [-0.39, 0.29) is 17.9 Å². The molecule has 0 aliphatic carbocycles. The van der Waals surface area contributed by atoms with Crippen molar-refractivity contribution in [2.24, 2.45) is 0 Å². The van der Waals surface area contributed by atoms with Gasteiger partial charge in [0.15, 0.2) is 0 Å². The number of aryl methyl sites for hydroxylation is 1. The smallest absolute Gasteiger partial charge is 0.410 e. The summed E-state index contributed by atoms with van der Waals surface area (Å²) in [4.78, 5) is 27.6. The zero-order valence-electron chi connectivity index (χ0n) is 21.3. The Hall–Kier alpha value is -3.32. The summed E-state index contributed by atoms with van der Waals surface area (Å²) in [6.07, 6.45) is 2.77. The Morgan fingerprint density at radius 2 is 1.81 bits per heavy atom. The molecule has 1 saturated heterocycles. The first-order valence-corrected chi connectivity index (χ1v) is 12.6. The Kier molecular flexibility index (Phi) is 7.69.